The number of primary sulfonamides is 1. The molecule has 3 N–H and O–H groups in total. The van der Waals surface area contributed by atoms with E-state index in [1.54, 1.807) is 12.1 Å². The van der Waals surface area contributed by atoms with E-state index in [9.17, 15) is 13.2 Å². The van der Waals surface area contributed by atoms with Gasteiger partial charge in [-0.1, -0.05) is 42.5 Å². The van der Waals surface area contributed by atoms with Gasteiger partial charge in [-0.3, -0.25) is 4.79 Å². The van der Waals surface area contributed by atoms with E-state index >= 15 is 0 Å². The van der Waals surface area contributed by atoms with Crippen molar-refractivity contribution >= 4 is 32.4 Å². The van der Waals surface area contributed by atoms with Gasteiger partial charge < -0.3 is 10.2 Å². The minimum absolute atomic E-state index is 0.0781. The van der Waals surface area contributed by atoms with Crippen molar-refractivity contribution < 1.29 is 13.2 Å². The van der Waals surface area contributed by atoms with Crippen LogP contribution < -0.4 is 15.4 Å². The molecular weight excluding hydrogens is 398 g/mol. The Hall–Kier alpha value is -2.90. The molecule has 1 aliphatic rings. The Morgan fingerprint density at radius 1 is 1.17 bits per heavy atom. The van der Waals surface area contributed by atoms with Gasteiger partial charge in [0, 0.05) is 11.7 Å². The third-order valence-corrected chi connectivity index (χ3v) is 6.63. The van der Waals surface area contributed by atoms with Crippen LogP contribution in [0.5, 0.6) is 0 Å². The molecule has 1 aliphatic heterocycles. The van der Waals surface area contributed by atoms with Gasteiger partial charge in [0.05, 0.1) is 17.5 Å². The number of nitrogens with two attached hydrogens (primary N) is 1. The van der Waals surface area contributed by atoms with Crippen molar-refractivity contribution in [2.75, 3.05) is 11.4 Å². The second-order valence-electron chi connectivity index (χ2n) is 7.87. The van der Waals surface area contributed by atoms with Gasteiger partial charge in [0.15, 0.2) is 0 Å². The van der Waals surface area contributed by atoms with Crippen LogP contribution in [0.15, 0.2) is 65.6 Å². The molecule has 1 amide bonds. The predicted octanol–water partition coefficient (Wildman–Crippen LogP) is 3.12. The second-order valence-corrected chi connectivity index (χ2v) is 9.44. The standard InChI is InChI=1S/C23H25N3O3S/c1-15-12-18-13-19(30(24,28)29)10-11-22(18)26(15)14-23(27)25-16(2)20-9-5-7-17-6-3-4-8-21(17)20/h3-11,13,15-16H,12,14H2,1-2H3,(H,25,27)(H2,24,28,29)/t15-,16+/m0/s1. The quantitative estimate of drug-likeness (QED) is 0.659. The molecule has 4 rings (SSSR count). The first-order valence-electron chi connectivity index (χ1n) is 9.93. The van der Waals surface area contributed by atoms with E-state index in [4.69, 9.17) is 5.14 Å². The molecule has 0 unspecified atom stereocenters. The Kier molecular flexibility index (Phi) is 5.26. The Morgan fingerprint density at radius 3 is 2.67 bits per heavy atom. The van der Waals surface area contributed by atoms with Crippen molar-refractivity contribution in [3.8, 4) is 0 Å². The number of carbonyl (C=O) groups is 1. The van der Waals surface area contributed by atoms with E-state index in [1.807, 2.05) is 43.0 Å². The molecule has 0 spiro atoms. The molecule has 3 aromatic rings. The summed E-state index contributed by atoms with van der Waals surface area (Å²) in [5.41, 5.74) is 2.85. The van der Waals surface area contributed by atoms with Crippen LogP contribution in [0.3, 0.4) is 0 Å². The van der Waals surface area contributed by atoms with E-state index in [0.717, 1.165) is 27.6 Å². The van der Waals surface area contributed by atoms with Crippen LogP contribution >= 0.6 is 0 Å². The van der Waals surface area contributed by atoms with Crippen LogP contribution in [0.25, 0.3) is 10.8 Å². The van der Waals surface area contributed by atoms with Gasteiger partial charge in [-0.25, -0.2) is 13.6 Å². The molecule has 156 valence electrons. The highest BCUT2D eigenvalue weighted by Crippen LogP contribution is 2.33. The molecular formula is C23H25N3O3S. The van der Waals surface area contributed by atoms with Crippen LogP contribution in [0.2, 0.25) is 0 Å². The zero-order chi connectivity index (χ0) is 21.5. The fourth-order valence-corrected chi connectivity index (χ4v) is 4.80. The molecule has 7 heteroatoms. The van der Waals surface area contributed by atoms with E-state index in [2.05, 4.69) is 23.5 Å². The Balaban J connectivity index is 1.51. The van der Waals surface area contributed by atoms with Crippen LogP contribution in [-0.2, 0) is 21.2 Å². The average Bonchev–Trinajstić information content (AvgIpc) is 3.01. The SMILES string of the molecule is C[C@@H](NC(=O)CN1c2ccc(S(N)(=O)=O)cc2C[C@@H]1C)c1cccc2ccccc12. The van der Waals surface area contributed by atoms with Gasteiger partial charge in [0.1, 0.15) is 0 Å². The normalized spacial score (nSPS) is 17.0. The second kappa shape index (κ2) is 7.74. The lowest BCUT2D eigenvalue weighted by atomic mass is 10.00. The van der Waals surface area contributed by atoms with E-state index in [0.29, 0.717) is 6.42 Å². The molecule has 0 radical (unpaired) electrons. The Bertz CT molecular complexity index is 1220. The van der Waals surface area contributed by atoms with Crippen LogP contribution in [0.1, 0.15) is 31.0 Å². The highest BCUT2D eigenvalue weighted by molar-refractivity contribution is 7.89. The lowest BCUT2D eigenvalue weighted by Gasteiger charge is -2.25. The number of anilines is 1. The summed E-state index contributed by atoms with van der Waals surface area (Å²) >= 11 is 0. The number of nitrogens with one attached hydrogen (secondary N) is 1. The molecule has 0 aromatic heterocycles. The van der Waals surface area contributed by atoms with E-state index in [1.165, 1.54) is 6.07 Å². The average molecular weight is 424 g/mol. The number of sulfonamides is 1. The molecule has 0 bridgehead atoms. The lowest BCUT2D eigenvalue weighted by Crippen LogP contribution is -2.40. The van der Waals surface area contributed by atoms with Crippen LogP contribution in [0, 0.1) is 0 Å². The summed E-state index contributed by atoms with van der Waals surface area (Å²) < 4.78 is 23.2. The predicted molar refractivity (Wildman–Crippen MR) is 119 cm³/mol. The summed E-state index contributed by atoms with van der Waals surface area (Å²) in [6, 6.07) is 19.0. The number of hydrogen-bond donors (Lipinski definition) is 2. The van der Waals surface area contributed by atoms with Crippen molar-refractivity contribution in [1.82, 2.24) is 5.32 Å². The molecule has 0 saturated heterocycles. The molecule has 2 atom stereocenters. The van der Waals surface area contributed by atoms with Gasteiger partial charge in [0.25, 0.3) is 0 Å². The fraction of sp³-hybridized carbons (Fsp3) is 0.261. The zero-order valence-corrected chi connectivity index (χ0v) is 17.8. The maximum Gasteiger partial charge on any atom is 0.240 e. The Morgan fingerprint density at radius 2 is 1.90 bits per heavy atom. The van der Waals surface area contributed by atoms with Crippen molar-refractivity contribution in [2.45, 2.75) is 37.2 Å². The summed E-state index contributed by atoms with van der Waals surface area (Å²) in [6.07, 6.45) is 0.671. The third-order valence-electron chi connectivity index (χ3n) is 5.72. The maximum absolute atomic E-state index is 12.8. The molecule has 6 nitrogen and oxygen atoms in total. The summed E-state index contributed by atoms with van der Waals surface area (Å²) in [5, 5.41) is 10.6. The minimum atomic E-state index is -3.74. The molecule has 3 aromatic carbocycles. The molecule has 1 heterocycles. The van der Waals surface area contributed by atoms with Crippen molar-refractivity contribution in [3.63, 3.8) is 0 Å². The van der Waals surface area contributed by atoms with Crippen molar-refractivity contribution in [1.29, 1.82) is 0 Å². The first kappa shape index (κ1) is 20.4. The number of carbonyl (C=O) groups excluding carboxylic acids is 1. The summed E-state index contributed by atoms with van der Waals surface area (Å²) in [6.45, 7) is 4.22. The largest absolute Gasteiger partial charge is 0.359 e. The molecule has 0 saturated carbocycles. The summed E-state index contributed by atoms with van der Waals surface area (Å²) in [4.78, 5) is 14.9. The third kappa shape index (κ3) is 3.91. The zero-order valence-electron chi connectivity index (χ0n) is 17.0. The van der Waals surface area contributed by atoms with Crippen LogP contribution in [0.4, 0.5) is 5.69 Å². The van der Waals surface area contributed by atoms with Gasteiger partial charge in [-0.05, 0) is 60.4 Å². The van der Waals surface area contributed by atoms with Gasteiger partial charge in [-0.2, -0.15) is 0 Å². The minimum Gasteiger partial charge on any atom is -0.359 e. The van der Waals surface area contributed by atoms with Crippen LogP contribution in [-0.4, -0.2) is 26.9 Å². The number of nitrogens with zero attached hydrogens (tertiary/aromatic N) is 1. The van der Waals surface area contributed by atoms with Crippen molar-refractivity contribution in [3.05, 3.63) is 71.8 Å². The van der Waals surface area contributed by atoms with E-state index in [-0.39, 0.29) is 29.4 Å². The van der Waals surface area contributed by atoms with Gasteiger partial charge in [-0.15, -0.1) is 0 Å². The topological polar surface area (TPSA) is 92.5 Å². The first-order valence-corrected chi connectivity index (χ1v) is 11.5. The molecule has 30 heavy (non-hydrogen) atoms. The van der Waals surface area contributed by atoms with E-state index < -0.39 is 10.0 Å². The smallest absolute Gasteiger partial charge is 0.240 e. The number of hydrogen-bond acceptors (Lipinski definition) is 4. The number of amides is 1. The lowest BCUT2D eigenvalue weighted by molar-refractivity contribution is -0.120. The highest BCUT2D eigenvalue weighted by Gasteiger charge is 2.29. The number of fused-ring (bicyclic) bond motifs is 2. The summed E-state index contributed by atoms with van der Waals surface area (Å²) in [7, 11) is -3.74. The summed E-state index contributed by atoms with van der Waals surface area (Å²) in [5.74, 6) is -0.0781. The van der Waals surface area contributed by atoms with Gasteiger partial charge in [0.2, 0.25) is 15.9 Å². The molecule has 0 fully saturated rings. The first-order chi connectivity index (χ1) is 14.2. The number of rotatable bonds is 5. The number of benzene rings is 3. The Labute approximate surface area is 176 Å². The fourth-order valence-electron chi connectivity index (χ4n) is 4.24. The van der Waals surface area contributed by atoms with Crippen molar-refractivity contribution in [2.24, 2.45) is 5.14 Å². The van der Waals surface area contributed by atoms with Gasteiger partial charge >= 0.3 is 0 Å². The monoisotopic (exact) mass is 423 g/mol. The maximum atomic E-state index is 12.8. The molecule has 0 aliphatic carbocycles. The highest BCUT2D eigenvalue weighted by atomic mass is 32.2.